The van der Waals surface area contributed by atoms with E-state index in [1.54, 1.807) is 0 Å². The Morgan fingerprint density at radius 3 is 2.55 bits per heavy atom. The third-order valence-corrected chi connectivity index (χ3v) is 4.88. The van der Waals surface area contributed by atoms with Crippen molar-refractivity contribution in [3.8, 4) is 0 Å². The van der Waals surface area contributed by atoms with Crippen molar-refractivity contribution in [3.63, 3.8) is 0 Å². The van der Waals surface area contributed by atoms with Crippen LogP contribution in [0.5, 0.6) is 0 Å². The highest BCUT2D eigenvalue weighted by Crippen LogP contribution is 2.41. The lowest BCUT2D eigenvalue weighted by Gasteiger charge is -2.36. The van der Waals surface area contributed by atoms with Gasteiger partial charge in [-0.25, -0.2) is 0 Å². The minimum Gasteiger partial charge on any atom is -0.330 e. The Hall–Kier alpha value is -0.280. The van der Waals surface area contributed by atoms with Crippen molar-refractivity contribution in [2.45, 2.75) is 38.6 Å². The molecule has 0 radical (unpaired) electrons. The van der Waals surface area contributed by atoms with E-state index in [0.717, 1.165) is 41.5 Å². The van der Waals surface area contributed by atoms with Crippen molar-refractivity contribution in [3.05, 3.63) is 33.8 Å². The van der Waals surface area contributed by atoms with Crippen LogP contribution >= 0.6 is 23.2 Å². The summed E-state index contributed by atoms with van der Waals surface area (Å²) in [6.07, 6.45) is 4.76. The summed E-state index contributed by atoms with van der Waals surface area (Å²) < 4.78 is 0. The molecule has 1 aliphatic heterocycles. The Balaban J connectivity index is 2.43. The highest BCUT2D eigenvalue weighted by atomic mass is 35.5. The Morgan fingerprint density at radius 1 is 1.25 bits per heavy atom. The minimum absolute atomic E-state index is 0.253. The molecule has 1 aliphatic rings. The molecule has 2 nitrogen and oxygen atoms in total. The Labute approximate surface area is 132 Å². The molecule has 2 unspecified atom stereocenters. The highest BCUT2D eigenvalue weighted by Gasteiger charge is 2.32. The molecule has 4 heteroatoms. The van der Waals surface area contributed by atoms with Crippen molar-refractivity contribution >= 4 is 23.2 Å². The van der Waals surface area contributed by atoms with Crippen molar-refractivity contribution in [2.24, 2.45) is 11.7 Å². The van der Waals surface area contributed by atoms with E-state index in [9.17, 15) is 0 Å². The van der Waals surface area contributed by atoms with Crippen LogP contribution < -0.4 is 5.73 Å². The number of rotatable bonds is 4. The van der Waals surface area contributed by atoms with E-state index in [1.807, 2.05) is 18.2 Å². The highest BCUT2D eigenvalue weighted by molar-refractivity contribution is 6.36. The lowest BCUT2D eigenvalue weighted by molar-refractivity contribution is 0.158. The van der Waals surface area contributed by atoms with Crippen LogP contribution in [0.1, 0.15) is 44.2 Å². The lowest BCUT2D eigenvalue weighted by Crippen LogP contribution is -2.36. The van der Waals surface area contributed by atoms with Gasteiger partial charge in [-0.3, -0.25) is 4.90 Å². The van der Waals surface area contributed by atoms with E-state index in [-0.39, 0.29) is 6.04 Å². The molecule has 1 fully saturated rings. The SMILES string of the molecule is CCCN1CCCCC(CN)C1c1c(Cl)cccc1Cl. The van der Waals surface area contributed by atoms with Crippen LogP contribution in [-0.4, -0.2) is 24.5 Å². The van der Waals surface area contributed by atoms with Crippen LogP contribution in [0.2, 0.25) is 10.0 Å². The summed E-state index contributed by atoms with van der Waals surface area (Å²) in [4.78, 5) is 2.53. The van der Waals surface area contributed by atoms with Crippen LogP contribution in [0.25, 0.3) is 0 Å². The molecule has 2 atom stereocenters. The predicted octanol–water partition coefficient (Wildman–Crippen LogP) is 4.51. The molecule has 0 spiro atoms. The molecule has 0 aliphatic carbocycles. The van der Waals surface area contributed by atoms with Crippen LogP contribution in [0.3, 0.4) is 0 Å². The van der Waals surface area contributed by atoms with Gasteiger partial charge in [0.25, 0.3) is 0 Å². The third kappa shape index (κ3) is 3.48. The summed E-state index contributed by atoms with van der Waals surface area (Å²) in [7, 11) is 0. The predicted molar refractivity (Wildman–Crippen MR) is 87.5 cm³/mol. The fraction of sp³-hybridized carbons (Fsp3) is 0.625. The number of nitrogens with zero attached hydrogens (tertiary/aromatic N) is 1. The van der Waals surface area contributed by atoms with Crippen molar-refractivity contribution in [1.82, 2.24) is 4.90 Å². The molecule has 0 saturated carbocycles. The Kier molecular flexibility index (Phi) is 6.16. The maximum atomic E-state index is 6.45. The smallest absolute Gasteiger partial charge is 0.0468 e. The second kappa shape index (κ2) is 7.65. The van der Waals surface area contributed by atoms with Gasteiger partial charge in [0.1, 0.15) is 0 Å². The average Bonchev–Trinajstić information content (AvgIpc) is 2.62. The first-order valence-electron chi connectivity index (χ1n) is 7.57. The molecule has 2 rings (SSSR count). The summed E-state index contributed by atoms with van der Waals surface area (Å²) in [5.41, 5.74) is 7.12. The fourth-order valence-corrected chi connectivity index (χ4v) is 3.93. The number of halogens is 2. The molecule has 20 heavy (non-hydrogen) atoms. The second-order valence-corrected chi connectivity index (χ2v) is 6.42. The largest absolute Gasteiger partial charge is 0.330 e. The van der Waals surface area contributed by atoms with Crippen molar-refractivity contribution < 1.29 is 0 Å². The number of benzene rings is 1. The fourth-order valence-electron chi connectivity index (χ4n) is 3.31. The molecule has 1 saturated heterocycles. The number of hydrogen-bond acceptors (Lipinski definition) is 2. The summed E-state index contributed by atoms with van der Waals surface area (Å²) in [5.74, 6) is 0.432. The standard InChI is InChI=1S/C16H24Cl2N2/c1-2-9-20-10-4-3-6-12(11-19)16(20)15-13(17)7-5-8-14(15)18/h5,7-8,12,16H,2-4,6,9-11,19H2,1H3. The number of nitrogens with two attached hydrogens (primary N) is 1. The second-order valence-electron chi connectivity index (χ2n) is 5.61. The molecule has 0 amide bonds. The summed E-state index contributed by atoms with van der Waals surface area (Å²) >= 11 is 12.9. The van der Waals surface area contributed by atoms with Crippen molar-refractivity contribution in [2.75, 3.05) is 19.6 Å². The average molecular weight is 315 g/mol. The van der Waals surface area contributed by atoms with Gasteiger partial charge in [-0.1, -0.05) is 42.6 Å². The molecule has 1 heterocycles. The first kappa shape index (κ1) is 16.1. The van der Waals surface area contributed by atoms with E-state index in [0.29, 0.717) is 12.5 Å². The van der Waals surface area contributed by atoms with Gasteiger partial charge in [-0.2, -0.15) is 0 Å². The van der Waals surface area contributed by atoms with Gasteiger partial charge in [0.05, 0.1) is 0 Å². The molecule has 1 aromatic carbocycles. The van der Waals surface area contributed by atoms with Crippen LogP contribution in [0.15, 0.2) is 18.2 Å². The molecular weight excluding hydrogens is 291 g/mol. The quantitative estimate of drug-likeness (QED) is 0.886. The van der Waals surface area contributed by atoms with E-state index >= 15 is 0 Å². The van der Waals surface area contributed by atoms with Gasteiger partial charge in [0, 0.05) is 21.7 Å². The lowest BCUT2D eigenvalue weighted by atomic mass is 9.89. The van der Waals surface area contributed by atoms with Crippen molar-refractivity contribution in [1.29, 1.82) is 0 Å². The topological polar surface area (TPSA) is 29.3 Å². The molecule has 2 N–H and O–H groups in total. The van der Waals surface area contributed by atoms with Crippen LogP contribution in [-0.2, 0) is 0 Å². The first-order valence-corrected chi connectivity index (χ1v) is 8.32. The summed E-state index contributed by atoms with van der Waals surface area (Å²) in [6.45, 7) is 5.08. The molecule has 0 aromatic heterocycles. The maximum Gasteiger partial charge on any atom is 0.0468 e. The minimum atomic E-state index is 0.253. The maximum absolute atomic E-state index is 6.45. The van der Waals surface area contributed by atoms with Gasteiger partial charge in [0.2, 0.25) is 0 Å². The van der Waals surface area contributed by atoms with E-state index in [2.05, 4.69) is 11.8 Å². The third-order valence-electron chi connectivity index (χ3n) is 4.22. The van der Waals surface area contributed by atoms with Gasteiger partial charge in [0.15, 0.2) is 0 Å². The first-order chi connectivity index (χ1) is 9.69. The Bertz CT molecular complexity index is 416. The van der Waals surface area contributed by atoms with Gasteiger partial charge in [-0.05, 0) is 56.9 Å². The molecule has 112 valence electrons. The molecule has 1 aromatic rings. The molecular formula is C16H24Cl2N2. The number of hydrogen-bond donors (Lipinski definition) is 1. The van der Waals surface area contributed by atoms with Gasteiger partial charge in [-0.15, -0.1) is 0 Å². The molecule has 0 bridgehead atoms. The normalized spacial score (nSPS) is 24.6. The van der Waals surface area contributed by atoms with E-state index < -0.39 is 0 Å². The zero-order chi connectivity index (χ0) is 14.5. The van der Waals surface area contributed by atoms with E-state index in [4.69, 9.17) is 28.9 Å². The zero-order valence-electron chi connectivity index (χ0n) is 12.1. The number of likely N-dealkylation sites (tertiary alicyclic amines) is 1. The van der Waals surface area contributed by atoms with Crippen LogP contribution in [0.4, 0.5) is 0 Å². The monoisotopic (exact) mass is 314 g/mol. The van der Waals surface area contributed by atoms with Gasteiger partial charge < -0.3 is 5.73 Å². The summed E-state index contributed by atoms with van der Waals surface area (Å²) in [5, 5.41) is 1.54. The van der Waals surface area contributed by atoms with Crippen LogP contribution in [0, 0.1) is 5.92 Å². The van der Waals surface area contributed by atoms with Gasteiger partial charge >= 0.3 is 0 Å². The zero-order valence-corrected chi connectivity index (χ0v) is 13.6. The van der Waals surface area contributed by atoms with E-state index in [1.165, 1.54) is 12.8 Å². The Morgan fingerprint density at radius 2 is 1.95 bits per heavy atom. The summed E-state index contributed by atoms with van der Waals surface area (Å²) in [6, 6.07) is 6.03.